The van der Waals surface area contributed by atoms with Gasteiger partial charge in [0.25, 0.3) is 5.91 Å². The second kappa shape index (κ2) is 6.45. The van der Waals surface area contributed by atoms with Crippen LogP contribution in [0.3, 0.4) is 0 Å². The van der Waals surface area contributed by atoms with Crippen LogP contribution in [0.2, 0.25) is 5.02 Å². The van der Waals surface area contributed by atoms with E-state index in [2.05, 4.69) is 5.32 Å². The number of nitrogens with one attached hydrogen (secondary N) is 1. The van der Waals surface area contributed by atoms with E-state index in [9.17, 15) is 4.79 Å². The lowest BCUT2D eigenvalue weighted by molar-refractivity contribution is 0.0727. The number of halogens is 2. The zero-order chi connectivity index (χ0) is 12.4. The molecule has 1 aromatic heterocycles. The van der Waals surface area contributed by atoms with E-state index < -0.39 is 0 Å². The molecular formula is C12H19Cl2N3O. The molecule has 6 heteroatoms. The lowest BCUT2D eigenvalue weighted by Crippen LogP contribution is -2.41. The summed E-state index contributed by atoms with van der Waals surface area (Å²) in [4.78, 5) is 14.3. The van der Waals surface area contributed by atoms with E-state index >= 15 is 0 Å². The summed E-state index contributed by atoms with van der Waals surface area (Å²) in [7, 11) is 3.77. The average molecular weight is 292 g/mol. The minimum absolute atomic E-state index is 0. The van der Waals surface area contributed by atoms with E-state index in [1.807, 2.05) is 19.0 Å². The van der Waals surface area contributed by atoms with Gasteiger partial charge in [0.1, 0.15) is 5.69 Å². The highest BCUT2D eigenvalue weighted by Gasteiger charge is 2.30. The molecule has 4 nitrogen and oxygen atoms in total. The van der Waals surface area contributed by atoms with Gasteiger partial charge in [-0.3, -0.25) is 4.79 Å². The molecule has 1 unspecified atom stereocenters. The fraction of sp³-hybridized carbons (Fsp3) is 0.583. The van der Waals surface area contributed by atoms with E-state index in [1.165, 1.54) is 0 Å². The summed E-state index contributed by atoms with van der Waals surface area (Å²) in [6.45, 7) is 1.69. The first-order valence-corrected chi connectivity index (χ1v) is 6.28. The Hall–Kier alpha value is -0.710. The molecule has 1 atom stereocenters. The number of rotatable bonds is 3. The van der Waals surface area contributed by atoms with Gasteiger partial charge in [0, 0.05) is 32.4 Å². The number of aryl methyl sites for hydroxylation is 1. The number of carbonyl (C=O) groups excluding carboxylic acids is 1. The highest BCUT2D eigenvalue weighted by molar-refractivity contribution is 6.31. The number of aromatic nitrogens is 1. The Balaban J connectivity index is 0.00000162. The molecule has 1 aromatic rings. The summed E-state index contributed by atoms with van der Waals surface area (Å²) in [6.07, 6.45) is 3.92. The van der Waals surface area contributed by atoms with Crippen molar-refractivity contribution in [3.8, 4) is 0 Å². The third kappa shape index (κ3) is 2.99. The van der Waals surface area contributed by atoms with Crippen LogP contribution in [0.5, 0.6) is 0 Å². The van der Waals surface area contributed by atoms with Gasteiger partial charge in [0.2, 0.25) is 0 Å². The number of hydrogen-bond donors (Lipinski definition) is 1. The number of likely N-dealkylation sites (tertiary alicyclic amines) is 1. The summed E-state index contributed by atoms with van der Waals surface area (Å²) < 4.78 is 1.79. The molecule has 2 rings (SSSR count). The molecule has 18 heavy (non-hydrogen) atoms. The van der Waals surface area contributed by atoms with Gasteiger partial charge in [-0.1, -0.05) is 11.6 Å². The van der Waals surface area contributed by atoms with Gasteiger partial charge in [-0.05, 0) is 26.0 Å². The molecule has 2 heterocycles. The number of amides is 1. The Kier molecular flexibility index (Phi) is 5.50. The molecule has 1 N–H and O–H groups in total. The van der Waals surface area contributed by atoms with E-state index in [-0.39, 0.29) is 18.3 Å². The van der Waals surface area contributed by atoms with Crippen molar-refractivity contribution in [1.29, 1.82) is 0 Å². The Morgan fingerprint density at radius 3 is 2.89 bits per heavy atom. The van der Waals surface area contributed by atoms with Crippen LogP contribution in [-0.2, 0) is 7.05 Å². The third-order valence-electron chi connectivity index (χ3n) is 3.27. The Morgan fingerprint density at radius 1 is 1.61 bits per heavy atom. The number of nitrogens with zero attached hydrogens (tertiary/aromatic N) is 2. The predicted molar refractivity (Wildman–Crippen MR) is 75.7 cm³/mol. The van der Waals surface area contributed by atoms with E-state index in [0.29, 0.717) is 16.8 Å². The van der Waals surface area contributed by atoms with Gasteiger partial charge >= 0.3 is 0 Å². The first-order chi connectivity index (χ1) is 8.13. The molecule has 0 aromatic carbocycles. The van der Waals surface area contributed by atoms with Gasteiger partial charge in [0.15, 0.2) is 0 Å². The highest BCUT2D eigenvalue weighted by atomic mass is 35.5. The largest absolute Gasteiger partial charge is 0.345 e. The van der Waals surface area contributed by atoms with Crippen LogP contribution in [0.15, 0.2) is 12.3 Å². The van der Waals surface area contributed by atoms with E-state index in [1.54, 1.807) is 16.8 Å². The van der Waals surface area contributed by atoms with Gasteiger partial charge < -0.3 is 14.8 Å². The Labute approximate surface area is 119 Å². The molecule has 1 fully saturated rings. The molecule has 0 saturated carbocycles. The Morgan fingerprint density at radius 2 is 2.33 bits per heavy atom. The van der Waals surface area contributed by atoms with Crippen molar-refractivity contribution >= 4 is 29.9 Å². The molecule has 1 amide bonds. The normalized spacial score (nSPS) is 18.8. The molecule has 0 bridgehead atoms. The SMILES string of the molecule is CNCC1CCCN1C(=O)c1cc(Cl)cn1C.Cl. The van der Waals surface area contributed by atoms with Crippen molar-refractivity contribution < 1.29 is 4.79 Å². The zero-order valence-electron chi connectivity index (χ0n) is 10.6. The maximum atomic E-state index is 12.4. The second-order valence-electron chi connectivity index (χ2n) is 4.51. The van der Waals surface area contributed by atoms with Gasteiger partial charge in [-0.15, -0.1) is 12.4 Å². The fourth-order valence-corrected chi connectivity index (χ4v) is 2.68. The molecule has 0 aliphatic carbocycles. The quantitative estimate of drug-likeness (QED) is 0.924. The van der Waals surface area contributed by atoms with Crippen molar-refractivity contribution in [3.63, 3.8) is 0 Å². The van der Waals surface area contributed by atoms with Gasteiger partial charge in [-0.25, -0.2) is 0 Å². The highest BCUT2D eigenvalue weighted by Crippen LogP contribution is 2.21. The molecule has 1 aliphatic heterocycles. The molecule has 102 valence electrons. The number of hydrogen-bond acceptors (Lipinski definition) is 2. The summed E-state index contributed by atoms with van der Waals surface area (Å²) in [5, 5.41) is 3.75. The summed E-state index contributed by atoms with van der Waals surface area (Å²) in [5.74, 6) is 0.0807. The Bertz CT molecular complexity index is 419. The fourth-order valence-electron chi connectivity index (χ4n) is 2.43. The first-order valence-electron chi connectivity index (χ1n) is 5.91. The average Bonchev–Trinajstić information content (AvgIpc) is 2.85. The van der Waals surface area contributed by atoms with Crippen molar-refractivity contribution in [2.45, 2.75) is 18.9 Å². The van der Waals surface area contributed by atoms with Crippen LogP contribution in [0.1, 0.15) is 23.3 Å². The monoisotopic (exact) mass is 291 g/mol. The van der Waals surface area contributed by atoms with E-state index in [4.69, 9.17) is 11.6 Å². The smallest absolute Gasteiger partial charge is 0.270 e. The van der Waals surface area contributed by atoms with Gasteiger partial charge in [0.05, 0.1) is 5.02 Å². The molecule has 1 saturated heterocycles. The van der Waals surface area contributed by atoms with Gasteiger partial charge in [-0.2, -0.15) is 0 Å². The van der Waals surface area contributed by atoms with E-state index in [0.717, 1.165) is 25.9 Å². The van der Waals surface area contributed by atoms with Crippen LogP contribution in [0.25, 0.3) is 0 Å². The minimum Gasteiger partial charge on any atom is -0.345 e. The number of likely N-dealkylation sites (N-methyl/N-ethyl adjacent to an activating group) is 1. The van der Waals surface area contributed by atoms with Crippen molar-refractivity contribution in [1.82, 2.24) is 14.8 Å². The summed E-state index contributed by atoms with van der Waals surface area (Å²) in [5.41, 5.74) is 0.665. The topological polar surface area (TPSA) is 37.3 Å². The predicted octanol–water partition coefficient (Wildman–Crippen LogP) is 1.92. The maximum absolute atomic E-state index is 12.4. The van der Waals surface area contributed by atoms with Crippen molar-refractivity contribution in [2.75, 3.05) is 20.1 Å². The van der Waals surface area contributed by atoms with Crippen molar-refractivity contribution in [3.05, 3.63) is 23.0 Å². The van der Waals surface area contributed by atoms with Crippen LogP contribution in [-0.4, -0.2) is 41.6 Å². The summed E-state index contributed by atoms with van der Waals surface area (Å²) in [6, 6.07) is 2.04. The standard InChI is InChI=1S/C12H18ClN3O.ClH/c1-14-7-10-4-3-5-16(10)12(17)11-6-9(13)8-15(11)2;/h6,8,10,14H,3-5,7H2,1-2H3;1H. The maximum Gasteiger partial charge on any atom is 0.270 e. The van der Waals surface area contributed by atoms with Crippen LogP contribution in [0.4, 0.5) is 0 Å². The minimum atomic E-state index is 0. The molecule has 0 radical (unpaired) electrons. The van der Waals surface area contributed by atoms with Crippen LogP contribution >= 0.6 is 24.0 Å². The molecular weight excluding hydrogens is 273 g/mol. The second-order valence-corrected chi connectivity index (χ2v) is 4.94. The first kappa shape index (κ1) is 15.3. The molecule has 1 aliphatic rings. The molecule has 0 spiro atoms. The third-order valence-corrected chi connectivity index (χ3v) is 3.48. The number of carbonyl (C=O) groups is 1. The van der Waals surface area contributed by atoms with Crippen LogP contribution in [0, 0.1) is 0 Å². The zero-order valence-corrected chi connectivity index (χ0v) is 12.2. The summed E-state index contributed by atoms with van der Waals surface area (Å²) >= 11 is 5.91. The lowest BCUT2D eigenvalue weighted by Gasteiger charge is -2.24. The van der Waals surface area contributed by atoms with Crippen molar-refractivity contribution in [2.24, 2.45) is 7.05 Å². The van der Waals surface area contributed by atoms with Crippen LogP contribution < -0.4 is 5.32 Å². The lowest BCUT2D eigenvalue weighted by atomic mass is 10.2.